The fourth-order valence-electron chi connectivity index (χ4n) is 3.08. The first-order chi connectivity index (χ1) is 13.2. The molecule has 0 bridgehead atoms. The van der Waals surface area contributed by atoms with Crippen molar-refractivity contribution in [3.63, 3.8) is 0 Å². The topological polar surface area (TPSA) is 99.0 Å². The van der Waals surface area contributed by atoms with Crippen molar-refractivity contribution in [2.45, 2.75) is 6.18 Å². The first-order valence-electron chi connectivity index (χ1n) is 7.63. The smallest absolute Gasteiger partial charge is 0.338 e. The van der Waals surface area contributed by atoms with E-state index in [9.17, 15) is 22.8 Å². The van der Waals surface area contributed by atoms with Crippen molar-refractivity contribution in [1.29, 1.82) is 5.26 Å². The van der Waals surface area contributed by atoms with Crippen molar-refractivity contribution < 1.29 is 17.6 Å². The summed E-state index contributed by atoms with van der Waals surface area (Å²) in [5.41, 5.74) is 0.627. The average molecular weight is 410 g/mol. The Bertz CT molecular complexity index is 1250. The van der Waals surface area contributed by atoms with Crippen molar-refractivity contribution in [1.82, 2.24) is 29.9 Å². The minimum atomic E-state index is -4.73. The Morgan fingerprint density at radius 2 is 2.07 bits per heavy atom. The van der Waals surface area contributed by atoms with Crippen molar-refractivity contribution in [2.75, 3.05) is 0 Å². The maximum Gasteiger partial charge on any atom is 0.451 e. The fraction of sp³-hybridized carbons (Fsp3) is 0.125. The van der Waals surface area contributed by atoms with Crippen LogP contribution in [-0.4, -0.2) is 29.9 Å². The third kappa shape index (κ3) is 2.53. The second-order valence-electron chi connectivity index (χ2n) is 5.83. The third-order valence-corrected chi connectivity index (χ3v) is 4.61. The van der Waals surface area contributed by atoms with Gasteiger partial charge < -0.3 is 4.57 Å². The molecule has 1 aromatic carbocycles. The van der Waals surface area contributed by atoms with Gasteiger partial charge in [0.15, 0.2) is 5.82 Å². The maximum atomic E-state index is 14.7. The average Bonchev–Trinajstić information content (AvgIpc) is 3.35. The monoisotopic (exact) mass is 409 g/mol. The number of alkyl halides is 3. The SMILES string of the molecule is Cn1c(-c2n[nH]c(C(F)(F)F)n2)c(-c2cn[nH]c2)c2c(Cl)c(C#N)cc(F)c21. The Kier molecular flexibility index (Phi) is 3.90. The van der Waals surface area contributed by atoms with E-state index >= 15 is 0 Å². The number of H-pyrrole nitrogens is 2. The number of hydrogen-bond acceptors (Lipinski definition) is 4. The minimum Gasteiger partial charge on any atom is -0.338 e. The number of halogens is 5. The van der Waals surface area contributed by atoms with Crippen molar-refractivity contribution in [2.24, 2.45) is 7.05 Å². The molecule has 12 heteroatoms. The Hall–Kier alpha value is -3.39. The summed E-state index contributed by atoms with van der Waals surface area (Å²) in [6, 6.07) is 2.77. The van der Waals surface area contributed by atoms with Gasteiger partial charge in [-0.3, -0.25) is 10.2 Å². The van der Waals surface area contributed by atoms with E-state index in [0.29, 0.717) is 5.56 Å². The molecular weight excluding hydrogens is 402 g/mol. The van der Waals surface area contributed by atoms with E-state index < -0.39 is 17.8 Å². The van der Waals surface area contributed by atoms with Gasteiger partial charge in [-0.1, -0.05) is 11.6 Å². The summed E-state index contributed by atoms with van der Waals surface area (Å²) in [4.78, 5) is 3.51. The molecule has 0 aliphatic heterocycles. The molecule has 4 aromatic rings. The summed E-state index contributed by atoms with van der Waals surface area (Å²) in [6.45, 7) is 0. The zero-order valence-corrected chi connectivity index (χ0v) is 14.6. The molecule has 0 radical (unpaired) electrons. The Morgan fingerprint density at radius 3 is 2.64 bits per heavy atom. The number of aromatic nitrogens is 6. The quantitative estimate of drug-likeness (QED) is 0.488. The van der Waals surface area contributed by atoms with Crippen LogP contribution in [0.3, 0.4) is 0 Å². The van der Waals surface area contributed by atoms with Crippen molar-refractivity contribution >= 4 is 22.5 Å². The summed E-state index contributed by atoms with van der Waals surface area (Å²) in [5.74, 6) is -2.37. The summed E-state index contributed by atoms with van der Waals surface area (Å²) in [5, 5.41) is 21.2. The Morgan fingerprint density at radius 1 is 1.32 bits per heavy atom. The van der Waals surface area contributed by atoms with Gasteiger partial charge in [-0.15, -0.1) is 0 Å². The van der Waals surface area contributed by atoms with Gasteiger partial charge in [0.05, 0.1) is 28.0 Å². The largest absolute Gasteiger partial charge is 0.451 e. The first kappa shape index (κ1) is 18.0. The number of rotatable bonds is 2. The van der Waals surface area contributed by atoms with Crippen LogP contribution in [0.5, 0.6) is 0 Å². The molecule has 0 saturated heterocycles. The lowest BCUT2D eigenvalue weighted by Crippen LogP contribution is -2.07. The molecule has 0 aliphatic carbocycles. The summed E-state index contributed by atoms with van der Waals surface area (Å²) in [7, 11) is 1.44. The number of benzene rings is 1. The normalized spacial score (nSPS) is 11.9. The van der Waals surface area contributed by atoms with Gasteiger partial charge in [-0.05, 0) is 6.07 Å². The number of hydrogen-bond donors (Lipinski definition) is 2. The number of nitrogens with one attached hydrogen (secondary N) is 2. The number of fused-ring (bicyclic) bond motifs is 1. The molecule has 0 saturated carbocycles. The lowest BCUT2D eigenvalue weighted by atomic mass is 10.0. The highest BCUT2D eigenvalue weighted by molar-refractivity contribution is 6.38. The molecule has 0 fully saturated rings. The molecule has 142 valence electrons. The van der Waals surface area contributed by atoms with Gasteiger partial charge >= 0.3 is 6.18 Å². The number of nitriles is 1. The van der Waals surface area contributed by atoms with Gasteiger partial charge in [0.2, 0.25) is 5.82 Å². The maximum absolute atomic E-state index is 14.7. The van der Waals surface area contributed by atoms with Crippen LogP contribution in [0.2, 0.25) is 5.02 Å². The molecule has 3 heterocycles. The summed E-state index contributed by atoms with van der Waals surface area (Å²) < 4.78 is 54.9. The van der Waals surface area contributed by atoms with Crippen LogP contribution in [0.25, 0.3) is 33.5 Å². The van der Waals surface area contributed by atoms with Gasteiger partial charge in [0.1, 0.15) is 11.9 Å². The van der Waals surface area contributed by atoms with E-state index in [1.165, 1.54) is 24.0 Å². The summed E-state index contributed by atoms with van der Waals surface area (Å²) >= 11 is 6.32. The molecule has 0 spiro atoms. The number of aryl methyl sites for hydroxylation is 1. The van der Waals surface area contributed by atoms with Crippen LogP contribution < -0.4 is 0 Å². The Labute approximate surface area is 158 Å². The van der Waals surface area contributed by atoms with Crippen LogP contribution in [0.1, 0.15) is 11.4 Å². The highest BCUT2D eigenvalue weighted by atomic mass is 35.5. The van der Waals surface area contributed by atoms with E-state index in [2.05, 4.69) is 20.3 Å². The van der Waals surface area contributed by atoms with E-state index in [-0.39, 0.29) is 38.6 Å². The van der Waals surface area contributed by atoms with Gasteiger partial charge in [-0.2, -0.15) is 28.6 Å². The van der Waals surface area contributed by atoms with Gasteiger partial charge in [0, 0.05) is 29.8 Å². The second-order valence-corrected chi connectivity index (χ2v) is 6.21. The van der Waals surface area contributed by atoms with E-state index in [4.69, 9.17) is 11.6 Å². The van der Waals surface area contributed by atoms with E-state index in [0.717, 1.165) is 6.07 Å². The lowest BCUT2D eigenvalue weighted by molar-refractivity contribution is -0.144. The predicted octanol–water partition coefficient (Wildman–Crippen LogP) is 4.04. The lowest BCUT2D eigenvalue weighted by Gasteiger charge is -2.03. The molecule has 4 rings (SSSR count). The molecule has 28 heavy (non-hydrogen) atoms. The van der Waals surface area contributed by atoms with Crippen LogP contribution in [-0.2, 0) is 13.2 Å². The fourth-order valence-corrected chi connectivity index (χ4v) is 3.36. The van der Waals surface area contributed by atoms with Crippen LogP contribution >= 0.6 is 11.6 Å². The molecule has 3 aromatic heterocycles. The van der Waals surface area contributed by atoms with Crippen LogP contribution in [0, 0.1) is 17.1 Å². The molecule has 7 nitrogen and oxygen atoms in total. The first-order valence-corrected chi connectivity index (χ1v) is 8.01. The van der Waals surface area contributed by atoms with Crippen LogP contribution in [0.15, 0.2) is 18.5 Å². The van der Waals surface area contributed by atoms with Gasteiger partial charge in [-0.25, -0.2) is 9.37 Å². The highest BCUT2D eigenvalue weighted by Gasteiger charge is 2.36. The number of nitrogens with zero attached hydrogens (tertiary/aromatic N) is 5. The Balaban J connectivity index is 2.15. The minimum absolute atomic E-state index is 0.00596. The molecule has 0 atom stereocenters. The molecule has 0 aliphatic rings. The standard InChI is InChI=1S/C16H8ClF4N7/c1-28-12-8(18)2-6(3-22)11(17)10(12)9(7-4-23-24-5-7)13(28)14-25-15(27-26-14)16(19,20)21/h2,4-5H,1H3,(H,23,24)(H,25,26,27). The zero-order valence-electron chi connectivity index (χ0n) is 13.9. The number of aromatic amines is 2. The molecule has 2 N–H and O–H groups in total. The zero-order chi connectivity index (χ0) is 20.2. The second kappa shape index (κ2) is 6.07. The summed E-state index contributed by atoms with van der Waals surface area (Å²) in [6.07, 6.45) is -1.88. The highest BCUT2D eigenvalue weighted by Crippen LogP contribution is 2.44. The van der Waals surface area contributed by atoms with Crippen LogP contribution in [0.4, 0.5) is 17.6 Å². The third-order valence-electron chi connectivity index (χ3n) is 4.22. The predicted molar refractivity (Wildman–Crippen MR) is 90.6 cm³/mol. The van der Waals surface area contributed by atoms with Crippen molar-refractivity contribution in [3.8, 4) is 28.7 Å². The molecule has 0 unspecified atom stereocenters. The molecular formula is C16H8ClF4N7. The van der Waals surface area contributed by atoms with Crippen molar-refractivity contribution in [3.05, 3.63) is 40.7 Å². The van der Waals surface area contributed by atoms with E-state index in [1.54, 1.807) is 6.07 Å². The molecule has 0 amide bonds. The van der Waals surface area contributed by atoms with E-state index in [1.807, 2.05) is 5.10 Å². The van der Waals surface area contributed by atoms with Gasteiger partial charge in [0.25, 0.3) is 0 Å².